The number of nitrogens with zero attached hydrogens (tertiary/aromatic N) is 1. The fourth-order valence-corrected chi connectivity index (χ4v) is 3.94. The summed E-state index contributed by atoms with van der Waals surface area (Å²) in [6.45, 7) is 4.61. The minimum Gasteiger partial charge on any atom is -0.392 e. The van der Waals surface area contributed by atoms with Gasteiger partial charge in [0.25, 0.3) is 0 Å². The molecule has 0 aromatic heterocycles. The van der Waals surface area contributed by atoms with E-state index < -0.39 is 10.0 Å². The number of morpholine rings is 1. The van der Waals surface area contributed by atoms with Crippen LogP contribution in [-0.2, 0) is 21.4 Å². The highest BCUT2D eigenvalue weighted by Gasteiger charge is 2.30. The minimum absolute atomic E-state index is 0.0927. The van der Waals surface area contributed by atoms with E-state index in [0.717, 1.165) is 0 Å². The SMILES string of the molecule is Cc1ccc(CO)cc1S(=O)(=O)N1CCOC(C)C1. The van der Waals surface area contributed by atoms with Crippen molar-refractivity contribution >= 4 is 10.0 Å². The highest BCUT2D eigenvalue weighted by atomic mass is 32.2. The second-order valence-electron chi connectivity index (χ2n) is 4.80. The number of aryl methyl sites for hydroxylation is 1. The molecule has 1 aliphatic rings. The molecule has 0 bridgehead atoms. The molecule has 1 N–H and O–H groups in total. The smallest absolute Gasteiger partial charge is 0.243 e. The summed E-state index contributed by atoms with van der Waals surface area (Å²) >= 11 is 0. The Labute approximate surface area is 113 Å². The van der Waals surface area contributed by atoms with E-state index >= 15 is 0 Å². The van der Waals surface area contributed by atoms with E-state index in [1.54, 1.807) is 25.1 Å². The van der Waals surface area contributed by atoms with Gasteiger partial charge in [-0.1, -0.05) is 12.1 Å². The van der Waals surface area contributed by atoms with E-state index in [0.29, 0.717) is 30.8 Å². The lowest BCUT2D eigenvalue weighted by atomic mass is 10.2. The zero-order valence-electron chi connectivity index (χ0n) is 11.2. The number of aliphatic hydroxyl groups excluding tert-OH is 1. The standard InChI is InChI=1S/C13H19NO4S/c1-10-3-4-12(9-15)7-13(10)19(16,17)14-5-6-18-11(2)8-14/h3-4,7,11,15H,5-6,8-9H2,1-2H3. The summed E-state index contributed by atoms with van der Waals surface area (Å²) in [4.78, 5) is 0.271. The zero-order valence-corrected chi connectivity index (χ0v) is 12.0. The third kappa shape index (κ3) is 2.97. The third-order valence-electron chi connectivity index (χ3n) is 3.26. The van der Waals surface area contributed by atoms with E-state index in [1.165, 1.54) is 4.31 Å². The van der Waals surface area contributed by atoms with Crippen LogP contribution in [0, 0.1) is 6.92 Å². The molecule has 1 unspecified atom stereocenters. The molecule has 106 valence electrons. The van der Waals surface area contributed by atoms with Gasteiger partial charge in [0.05, 0.1) is 24.2 Å². The molecule has 19 heavy (non-hydrogen) atoms. The molecular weight excluding hydrogens is 266 g/mol. The number of hydrogen-bond donors (Lipinski definition) is 1. The Hall–Kier alpha value is -0.950. The van der Waals surface area contributed by atoms with E-state index in [-0.39, 0.29) is 17.6 Å². The molecule has 1 atom stereocenters. The molecule has 0 radical (unpaired) electrons. The highest BCUT2D eigenvalue weighted by Crippen LogP contribution is 2.23. The fraction of sp³-hybridized carbons (Fsp3) is 0.538. The van der Waals surface area contributed by atoms with Crippen LogP contribution in [0.25, 0.3) is 0 Å². The largest absolute Gasteiger partial charge is 0.392 e. The maximum Gasteiger partial charge on any atom is 0.243 e. The Morgan fingerprint density at radius 2 is 2.21 bits per heavy atom. The first-order valence-electron chi connectivity index (χ1n) is 6.27. The van der Waals surface area contributed by atoms with Crippen LogP contribution in [-0.4, -0.2) is 43.6 Å². The molecule has 2 rings (SSSR count). The Morgan fingerprint density at radius 1 is 1.47 bits per heavy atom. The summed E-state index contributed by atoms with van der Waals surface area (Å²) in [6.07, 6.45) is -0.0927. The van der Waals surface area contributed by atoms with Gasteiger partial charge in [0.1, 0.15) is 0 Å². The number of sulfonamides is 1. The topological polar surface area (TPSA) is 66.8 Å². The predicted molar refractivity (Wildman–Crippen MR) is 71.3 cm³/mol. The summed E-state index contributed by atoms with van der Waals surface area (Å²) < 4.78 is 32.0. The van der Waals surface area contributed by atoms with Crippen molar-refractivity contribution in [2.24, 2.45) is 0 Å². The average Bonchev–Trinajstić information content (AvgIpc) is 2.39. The Balaban J connectivity index is 2.38. The first-order chi connectivity index (χ1) is 8.95. The van der Waals surface area contributed by atoms with E-state index in [4.69, 9.17) is 9.84 Å². The van der Waals surface area contributed by atoms with Crippen LogP contribution in [0.1, 0.15) is 18.1 Å². The van der Waals surface area contributed by atoms with Crippen LogP contribution in [0.3, 0.4) is 0 Å². The van der Waals surface area contributed by atoms with Crippen LogP contribution in [0.5, 0.6) is 0 Å². The second-order valence-corrected chi connectivity index (χ2v) is 6.71. The van der Waals surface area contributed by atoms with Crippen molar-refractivity contribution in [3.8, 4) is 0 Å². The van der Waals surface area contributed by atoms with Crippen molar-refractivity contribution in [3.63, 3.8) is 0 Å². The molecule has 1 aliphatic heterocycles. The zero-order chi connectivity index (χ0) is 14.0. The van der Waals surface area contributed by atoms with Gasteiger partial charge < -0.3 is 9.84 Å². The van der Waals surface area contributed by atoms with Crippen molar-refractivity contribution in [1.29, 1.82) is 0 Å². The molecule has 5 nitrogen and oxygen atoms in total. The number of ether oxygens (including phenoxy) is 1. The summed E-state index contributed by atoms with van der Waals surface area (Å²) in [5.41, 5.74) is 1.29. The van der Waals surface area contributed by atoms with Gasteiger partial charge in [-0.2, -0.15) is 4.31 Å². The number of hydrogen-bond acceptors (Lipinski definition) is 4. The lowest BCUT2D eigenvalue weighted by Gasteiger charge is -2.30. The first kappa shape index (κ1) is 14.5. The van der Waals surface area contributed by atoms with Gasteiger partial charge in [-0.15, -0.1) is 0 Å². The highest BCUT2D eigenvalue weighted by molar-refractivity contribution is 7.89. The molecule has 0 spiro atoms. The van der Waals surface area contributed by atoms with Gasteiger partial charge >= 0.3 is 0 Å². The van der Waals surface area contributed by atoms with Crippen LogP contribution in [0.15, 0.2) is 23.1 Å². The molecule has 1 fully saturated rings. The molecule has 1 aromatic rings. The molecule has 1 aromatic carbocycles. The Bertz CT molecular complexity index is 556. The predicted octanol–water partition coefficient (Wildman–Crippen LogP) is 0.897. The van der Waals surface area contributed by atoms with Crippen LogP contribution >= 0.6 is 0 Å². The number of aliphatic hydroxyl groups is 1. The van der Waals surface area contributed by atoms with Crippen LogP contribution < -0.4 is 0 Å². The lowest BCUT2D eigenvalue weighted by Crippen LogP contribution is -2.44. The normalized spacial score (nSPS) is 21.5. The number of rotatable bonds is 3. The van der Waals surface area contributed by atoms with Gasteiger partial charge in [0.2, 0.25) is 10.0 Å². The van der Waals surface area contributed by atoms with Gasteiger partial charge in [0.15, 0.2) is 0 Å². The Morgan fingerprint density at radius 3 is 2.84 bits per heavy atom. The van der Waals surface area contributed by atoms with Crippen molar-refractivity contribution in [1.82, 2.24) is 4.31 Å². The molecule has 0 saturated carbocycles. The third-order valence-corrected chi connectivity index (χ3v) is 5.26. The first-order valence-corrected chi connectivity index (χ1v) is 7.71. The van der Waals surface area contributed by atoms with Crippen molar-refractivity contribution in [2.75, 3.05) is 19.7 Å². The summed E-state index contributed by atoms with van der Waals surface area (Å²) in [5, 5.41) is 9.14. The van der Waals surface area contributed by atoms with Crippen molar-refractivity contribution < 1.29 is 18.3 Å². The lowest BCUT2D eigenvalue weighted by molar-refractivity contribution is 0.0102. The molecule has 1 heterocycles. The van der Waals surface area contributed by atoms with Crippen LogP contribution in [0.2, 0.25) is 0 Å². The fourth-order valence-electron chi connectivity index (χ4n) is 2.16. The second kappa shape index (κ2) is 5.58. The van der Waals surface area contributed by atoms with E-state index in [1.807, 2.05) is 6.92 Å². The summed E-state index contributed by atoms with van der Waals surface area (Å²) in [5.74, 6) is 0. The number of benzene rings is 1. The van der Waals surface area contributed by atoms with Crippen molar-refractivity contribution in [3.05, 3.63) is 29.3 Å². The van der Waals surface area contributed by atoms with E-state index in [9.17, 15) is 8.42 Å². The Kier molecular flexibility index (Phi) is 4.25. The van der Waals surface area contributed by atoms with Crippen molar-refractivity contribution in [2.45, 2.75) is 31.5 Å². The average molecular weight is 285 g/mol. The van der Waals surface area contributed by atoms with Gasteiger partial charge in [-0.3, -0.25) is 0 Å². The van der Waals surface area contributed by atoms with Gasteiger partial charge in [0, 0.05) is 13.1 Å². The maximum atomic E-state index is 12.6. The molecular formula is C13H19NO4S. The minimum atomic E-state index is -3.52. The monoisotopic (exact) mass is 285 g/mol. The van der Waals surface area contributed by atoms with Crippen LogP contribution in [0.4, 0.5) is 0 Å². The molecule has 6 heteroatoms. The summed E-state index contributed by atoms with van der Waals surface area (Å²) in [6, 6.07) is 5.00. The quantitative estimate of drug-likeness (QED) is 0.896. The summed E-state index contributed by atoms with van der Waals surface area (Å²) in [7, 11) is -3.52. The maximum absolute atomic E-state index is 12.6. The molecule has 0 amide bonds. The van der Waals surface area contributed by atoms with Gasteiger partial charge in [-0.05, 0) is 31.0 Å². The van der Waals surface area contributed by atoms with Gasteiger partial charge in [-0.25, -0.2) is 8.42 Å². The van der Waals surface area contributed by atoms with E-state index in [2.05, 4.69) is 0 Å². The molecule has 1 saturated heterocycles. The molecule has 0 aliphatic carbocycles.